The summed E-state index contributed by atoms with van der Waals surface area (Å²) in [6.45, 7) is 2.23. The van der Waals surface area contributed by atoms with E-state index in [0.29, 0.717) is 24.4 Å². The zero-order valence-electron chi connectivity index (χ0n) is 11.9. The summed E-state index contributed by atoms with van der Waals surface area (Å²) in [4.78, 5) is 16.1. The Morgan fingerprint density at radius 3 is 2.80 bits per heavy atom. The van der Waals surface area contributed by atoms with Gasteiger partial charge < -0.3 is 9.84 Å². The van der Waals surface area contributed by atoms with Gasteiger partial charge in [-0.05, 0) is 32.6 Å². The van der Waals surface area contributed by atoms with Gasteiger partial charge in [0.15, 0.2) is 5.82 Å². The van der Waals surface area contributed by atoms with Gasteiger partial charge in [-0.25, -0.2) is 0 Å². The topological polar surface area (TPSA) is 80.0 Å². The lowest BCUT2D eigenvalue weighted by Gasteiger charge is -2.09. The number of nitrogens with zero attached hydrogens (tertiary/aromatic N) is 2. The quantitative estimate of drug-likeness (QED) is 0.827. The Hall–Kier alpha value is -1.43. The molecule has 0 bridgehead atoms. The van der Waals surface area contributed by atoms with Crippen LogP contribution in [0.3, 0.4) is 0 Å². The molecule has 1 aromatic rings. The summed E-state index contributed by atoms with van der Waals surface area (Å²) < 4.78 is 5.31. The minimum atomic E-state index is -0.0948. The molecule has 1 atom stereocenters. The molecule has 20 heavy (non-hydrogen) atoms. The zero-order valence-corrected chi connectivity index (χ0v) is 11.9. The number of nitrogens with one attached hydrogen (secondary N) is 2. The Bertz CT molecular complexity index is 463. The van der Waals surface area contributed by atoms with Crippen molar-refractivity contribution in [3.8, 4) is 0 Å². The number of carbonyl (C=O) groups excluding carboxylic acids is 1. The Labute approximate surface area is 118 Å². The molecular formula is C14H22N4O2. The van der Waals surface area contributed by atoms with Crippen molar-refractivity contribution in [2.75, 3.05) is 6.54 Å². The van der Waals surface area contributed by atoms with Crippen LogP contribution in [0.15, 0.2) is 4.52 Å². The lowest BCUT2D eigenvalue weighted by Crippen LogP contribution is -2.36. The molecule has 1 unspecified atom stereocenters. The van der Waals surface area contributed by atoms with Crippen LogP contribution in [0, 0.1) is 0 Å². The normalized spacial score (nSPS) is 21.1. The van der Waals surface area contributed by atoms with E-state index in [2.05, 4.69) is 20.8 Å². The van der Waals surface area contributed by atoms with E-state index in [1.165, 1.54) is 12.8 Å². The summed E-state index contributed by atoms with van der Waals surface area (Å²) in [6.07, 6.45) is 7.04. The Balaban J connectivity index is 1.48. The van der Waals surface area contributed by atoms with Gasteiger partial charge in [-0.15, -0.1) is 0 Å². The number of aromatic nitrogens is 2. The number of hydrogen-bond donors (Lipinski definition) is 2. The van der Waals surface area contributed by atoms with Crippen molar-refractivity contribution >= 4 is 5.91 Å². The van der Waals surface area contributed by atoms with Crippen molar-refractivity contribution in [2.24, 2.45) is 0 Å². The van der Waals surface area contributed by atoms with Crippen LogP contribution >= 0.6 is 0 Å². The molecule has 2 N–H and O–H groups in total. The zero-order chi connectivity index (χ0) is 13.9. The summed E-state index contributed by atoms with van der Waals surface area (Å²) >= 11 is 0. The van der Waals surface area contributed by atoms with Crippen molar-refractivity contribution in [1.29, 1.82) is 0 Å². The van der Waals surface area contributed by atoms with Gasteiger partial charge in [-0.1, -0.05) is 18.0 Å². The van der Waals surface area contributed by atoms with E-state index < -0.39 is 0 Å². The fourth-order valence-corrected chi connectivity index (χ4v) is 2.61. The average Bonchev–Trinajstić information content (AvgIpc) is 2.97. The third-order valence-electron chi connectivity index (χ3n) is 4.06. The second-order valence-corrected chi connectivity index (χ2v) is 5.92. The number of carbonyl (C=O) groups is 1. The molecule has 0 saturated heterocycles. The third kappa shape index (κ3) is 3.36. The molecule has 2 aliphatic rings. The van der Waals surface area contributed by atoms with Crippen LogP contribution in [-0.4, -0.2) is 28.6 Å². The number of amides is 1. The molecule has 1 heterocycles. The van der Waals surface area contributed by atoms with E-state index in [-0.39, 0.29) is 11.9 Å². The first kappa shape index (κ1) is 13.5. The molecule has 1 aromatic heterocycles. The molecule has 6 heteroatoms. The van der Waals surface area contributed by atoms with Gasteiger partial charge in [0, 0.05) is 12.0 Å². The third-order valence-corrected chi connectivity index (χ3v) is 4.06. The summed E-state index contributed by atoms with van der Waals surface area (Å²) in [6, 6.07) is 0.305. The molecule has 1 amide bonds. The van der Waals surface area contributed by atoms with Crippen molar-refractivity contribution in [1.82, 2.24) is 20.8 Å². The minimum Gasteiger partial charge on any atom is -0.352 e. The minimum absolute atomic E-state index is 0.0369. The predicted molar refractivity (Wildman–Crippen MR) is 73.1 cm³/mol. The van der Waals surface area contributed by atoms with Gasteiger partial charge in [-0.2, -0.15) is 4.98 Å². The Kier molecular flexibility index (Phi) is 4.00. The van der Waals surface area contributed by atoms with Crippen LogP contribution < -0.4 is 10.6 Å². The summed E-state index contributed by atoms with van der Waals surface area (Å²) in [5.74, 6) is 1.90. The van der Waals surface area contributed by atoms with E-state index in [1.54, 1.807) is 0 Å². The largest absolute Gasteiger partial charge is 0.352 e. The molecule has 2 aliphatic carbocycles. The SMILES string of the molecule is CC(NCC(=O)NC1CC1)c1nc(C2CCCC2)no1. The molecule has 6 nitrogen and oxygen atoms in total. The van der Waals surface area contributed by atoms with Crippen LogP contribution in [0.25, 0.3) is 0 Å². The highest BCUT2D eigenvalue weighted by molar-refractivity contribution is 5.78. The molecule has 3 rings (SSSR count). The maximum Gasteiger partial charge on any atom is 0.243 e. The Morgan fingerprint density at radius 2 is 2.10 bits per heavy atom. The molecule has 0 spiro atoms. The van der Waals surface area contributed by atoms with Gasteiger partial charge in [0.05, 0.1) is 12.6 Å². The van der Waals surface area contributed by atoms with Crippen LogP contribution in [0.1, 0.15) is 69.1 Å². The first-order valence-corrected chi connectivity index (χ1v) is 7.58. The number of hydrogen-bond acceptors (Lipinski definition) is 5. The highest BCUT2D eigenvalue weighted by atomic mass is 16.5. The van der Waals surface area contributed by atoms with Crippen LogP contribution in [-0.2, 0) is 4.79 Å². The van der Waals surface area contributed by atoms with Crippen molar-refractivity contribution < 1.29 is 9.32 Å². The average molecular weight is 278 g/mol. The molecule has 0 aliphatic heterocycles. The van der Waals surface area contributed by atoms with Crippen molar-refractivity contribution in [2.45, 2.75) is 63.5 Å². The number of rotatable bonds is 6. The summed E-state index contributed by atoms with van der Waals surface area (Å²) in [5, 5.41) is 10.1. The van der Waals surface area contributed by atoms with Crippen LogP contribution in [0.4, 0.5) is 0 Å². The van der Waals surface area contributed by atoms with Gasteiger partial charge >= 0.3 is 0 Å². The highest BCUT2D eigenvalue weighted by Crippen LogP contribution is 2.32. The molecule has 2 saturated carbocycles. The fourth-order valence-electron chi connectivity index (χ4n) is 2.61. The maximum absolute atomic E-state index is 11.6. The monoisotopic (exact) mass is 278 g/mol. The van der Waals surface area contributed by atoms with Crippen LogP contribution in [0.5, 0.6) is 0 Å². The second kappa shape index (κ2) is 5.91. The summed E-state index contributed by atoms with van der Waals surface area (Å²) in [5.41, 5.74) is 0. The molecule has 2 fully saturated rings. The second-order valence-electron chi connectivity index (χ2n) is 5.92. The Morgan fingerprint density at radius 1 is 1.35 bits per heavy atom. The first-order chi connectivity index (χ1) is 9.72. The van der Waals surface area contributed by atoms with E-state index in [0.717, 1.165) is 31.5 Å². The molecule has 110 valence electrons. The lowest BCUT2D eigenvalue weighted by atomic mass is 10.1. The maximum atomic E-state index is 11.6. The van der Waals surface area contributed by atoms with E-state index >= 15 is 0 Å². The molecule has 0 radical (unpaired) electrons. The lowest BCUT2D eigenvalue weighted by molar-refractivity contribution is -0.120. The highest BCUT2D eigenvalue weighted by Gasteiger charge is 2.25. The van der Waals surface area contributed by atoms with Gasteiger partial charge in [0.2, 0.25) is 11.8 Å². The van der Waals surface area contributed by atoms with Crippen molar-refractivity contribution in [3.63, 3.8) is 0 Å². The smallest absolute Gasteiger partial charge is 0.243 e. The molecule has 0 aromatic carbocycles. The first-order valence-electron chi connectivity index (χ1n) is 7.58. The predicted octanol–water partition coefficient (Wildman–Crippen LogP) is 1.66. The van der Waals surface area contributed by atoms with E-state index in [1.807, 2.05) is 6.92 Å². The van der Waals surface area contributed by atoms with Gasteiger partial charge in [-0.3, -0.25) is 10.1 Å². The van der Waals surface area contributed by atoms with Gasteiger partial charge in [0.25, 0.3) is 0 Å². The summed E-state index contributed by atoms with van der Waals surface area (Å²) in [7, 11) is 0. The van der Waals surface area contributed by atoms with Crippen molar-refractivity contribution in [3.05, 3.63) is 11.7 Å². The fraction of sp³-hybridized carbons (Fsp3) is 0.786. The van der Waals surface area contributed by atoms with E-state index in [9.17, 15) is 4.79 Å². The van der Waals surface area contributed by atoms with Crippen LogP contribution in [0.2, 0.25) is 0 Å². The van der Waals surface area contributed by atoms with E-state index in [4.69, 9.17) is 4.52 Å². The van der Waals surface area contributed by atoms with Gasteiger partial charge in [0.1, 0.15) is 0 Å². The standard InChI is InChI=1S/C14H22N4O2/c1-9(15-8-12(19)16-11-6-7-11)14-17-13(18-20-14)10-4-2-3-5-10/h9-11,15H,2-8H2,1H3,(H,16,19). The molecular weight excluding hydrogens is 256 g/mol.